The van der Waals surface area contributed by atoms with Gasteiger partial charge in [-0.1, -0.05) is 60.7 Å². The van der Waals surface area contributed by atoms with E-state index in [9.17, 15) is 14.2 Å². The molecule has 178 valence electrons. The third-order valence-electron chi connectivity index (χ3n) is 5.46. The van der Waals surface area contributed by atoms with Crippen LogP contribution in [-0.2, 0) is 41.0 Å². The van der Waals surface area contributed by atoms with E-state index < -0.39 is 31.7 Å². The zero-order chi connectivity index (χ0) is 23.5. The Hall–Kier alpha value is -2.31. The molecule has 1 heterocycles. The van der Waals surface area contributed by atoms with Crippen molar-refractivity contribution in [3.05, 3.63) is 71.8 Å². The SMILES string of the molecule is CC(OP(=O)(CCCCc1ccccc1)OCc1ccccc1)C(=O)OC(=O)[C@@H]1CCCN1. The first-order valence-corrected chi connectivity index (χ1v) is 13.2. The lowest BCUT2D eigenvalue weighted by atomic mass is 10.1. The fourth-order valence-corrected chi connectivity index (χ4v) is 5.42. The van der Waals surface area contributed by atoms with Gasteiger partial charge in [0.1, 0.15) is 6.04 Å². The van der Waals surface area contributed by atoms with Gasteiger partial charge in [-0.25, -0.2) is 9.59 Å². The molecule has 0 radical (unpaired) electrons. The van der Waals surface area contributed by atoms with Crippen LogP contribution in [0.15, 0.2) is 60.7 Å². The Kier molecular flexibility index (Phi) is 9.82. The highest BCUT2D eigenvalue weighted by Gasteiger charge is 2.33. The van der Waals surface area contributed by atoms with E-state index in [0.717, 1.165) is 24.8 Å². The molecule has 3 rings (SSSR count). The Balaban J connectivity index is 1.56. The quantitative estimate of drug-likeness (QED) is 0.208. The van der Waals surface area contributed by atoms with Crippen molar-refractivity contribution >= 4 is 19.5 Å². The average Bonchev–Trinajstić information content (AvgIpc) is 3.37. The number of benzene rings is 2. The van der Waals surface area contributed by atoms with Gasteiger partial charge in [0.2, 0.25) is 0 Å². The van der Waals surface area contributed by atoms with Crippen LogP contribution in [0.5, 0.6) is 0 Å². The first kappa shape index (κ1) is 25.3. The van der Waals surface area contributed by atoms with Crippen molar-refractivity contribution in [3.63, 3.8) is 0 Å². The van der Waals surface area contributed by atoms with Crippen molar-refractivity contribution in [2.45, 2.75) is 57.8 Å². The van der Waals surface area contributed by atoms with Crippen LogP contribution < -0.4 is 5.32 Å². The highest BCUT2D eigenvalue weighted by atomic mass is 31.2. The van der Waals surface area contributed by atoms with E-state index in [1.807, 2.05) is 48.5 Å². The van der Waals surface area contributed by atoms with E-state index in [2.05, 4.69) is 17.4 Å². The highest BCUT2D eigenvalue weighted by Crippen LogP contribution is 2.51. The van der Waals surface area contributed by atoms with E-state index >= 15 is 0 Å². The van der Waals surface area contributed by atoms with Gasteiger partial charge < -0.3 is 14.6 Å². The van der Waals surface area contributed by atoms with Crippen LogP contribution in [0, 0.1) is 0 Å². The normalized spacial score (nSPS) is 18.4. The number of carbonyl (C=O) groups is 2. The minimum atomic E-state index is -3.61. The maximum atomic E-state index is 13.5. The summed E-state index contributed by atoms with van der Waals surface area (Å²) in [4.78, 5) is 24.5. The first-order chi connectivity index (χ1) is 16.0. The minimum absolute atomic E-state index is 0.101. The van der Waals surface area contributed by atoms with Crippen molar-refractivity contribution < 1.29 is 27.9 Å². The molecule has 8 heteroatoms. The van der Waals surface area contributed by atoms with Crippen molar-refractivity contribution in [1.82, 2.24) is 5.32 Å². The lowest BCUT2D eigenvalue weighted by Crippen LogP contribution is -2.36. The number of unbranched alkanes of at least 4 members (excludes halogenated alkanes) is 1. The van der Waals surface area contributed by atoms with Crippen LogP contribution >= 0.6 is 7.60 Å². The molecule has 2 aromatic rings. The topological polar surface area (TPSA) is 90.9 Å². The molecule has 1 aliphatic rings. The van der Waals surface area contributed by atoms with Crippen LogP contribution in [-0.4, -0.2) is 36.8 Å². The minimum Gasteiger partial charge on any atom is -0.390 e. The molecule has 3 atom stereocenters. The Bertz CT molecular complexity index is 930. The molecule has 0 aliphatic carbocycles. The van der Waals surface area contributed by atoms with Gasteiger partial charge in [0.15, 0.2) is 6.10 Å². The third-order valence-corrected chi connectivity index (χ3v) is 7.48. The Morgan fingerprint density at radius 3 is 2.33 bits per heavy atom. The van der Waals surface area contributed by atoms with E-state index in [-0.39, 0.29) is 12.8 Å². The van der Waals surface area contributed by atoms with Gasteiger partial charge in [-0.05, 0) is 56.7 Å². The molecular weight excluding hydrogens is 441 g/mol. The van der Waals surface area contributed by atoms with E-state index in [1.54, 1.807) is 0 Å². The van der Waals surface area contributed by atoms with Crippen LogP contribution in [0.3, 0.4) is 0 Å². The molecule has 2 aromatic carbocycles. The van der Waals surface area contributed by atoms with Crippen molar-refractivity contribution in [1.29, 1.82) is 0 Å². The molecule has 0 bridgehead atoms. The fourth-order valence-electron chi connectivity index (χ4n) is 3.60. The number of nitrogens with one attached hydrogen (secondary N) is 1. The largest absolute Gasteiger partial charge is 0.390 e. The van der Waals surface area contributed by atoms with E-state index in [0.29, 0.717) is 19.4 Å². The lowest BCUT2D eigenvalue weighted by Gasteiger charge is -2.22. The molecule has 1 aliphatic heterocycles. The zero-order valence-corrected chi connectivity index (χ0v) is 19.9. The summed E-state index contributed by atoms with van der Waals surface area (Å²) in [5.74, 6) is -1.49. The second kappa shape index (κ2) is 12.8. The molecule has 1 N–H and O–H groups in total. The predicted molar refractivity (Wildman–Crippen MR) is 126 cm³/mol. The number of hydrogen-bond acceptors (Lipinski definition) is 7. The molecule has 1 fully saturated rings. The van der Waals surface area contributed by atoms with Gasteiger partial charge in [0.25, 0.3) is 0 Å². The number of ether oxygens (including phenoxy) is 1. The summed E-state index contributed by atoms with van der Waals surface area (Å²) in [6.45, 7) is 2.25. The van der Waals surface area contributed by atoms with Gasteiger partial charge in [-0.3, -0.25) is 9.09 Å². The zero-order valence-electron chi connectivity index (χ0n) is 19.0. The summed E-state index contributed by atoms with van der Waals surface area (Å²) in [7, 11) is -3.61. The smallest absolute Gasteiger partial charge is 0.343 e. The monoisotopic (exact) mass is 473 g/mol. The molecule has 1 saturated heterocycles. The molecule has 0 aromatic heterocycles. The molecule has 0 spiro atoms. The molecule has 0 saturated carbocycles. The second-order valence-electron chi connectivity index (χ2n) is 8.17. The van der Waals surface area contributed by atoms with Gasteiger partial charge in [-0.2, -0.15) is 0 Å². The third kappa shape index (κ3) is 8.52. The van der Waals surface area contributed by atoms with Gasteiger partial charge >= 0.3 is 19.5 Å². The van der Waals surface area contributed by atoms with Gasteiger partial charge in [0, 0.05) is 0 Å². The summed E-state index contributed by atoms with van der Waals surface area (Å²) >= 11 is 0. The van der Waals surface area contributed by atoms with E-state index in [4.69, 9.17) is 13.8 Å². The van der Waals surface area contributed by atoms with Crippen LogP contribution in [0.1, 0.15) is 43.7 Å². The predicted octanol–water partition coefficient (Wildman–Crippen LogP) is 4.65. The van der Waals surface area contributed by atoms with Crippen molar-refractivity contribution in [2.24, 2.45) is 0 Å². The molecule has 2 unspecified atom stereocenters. The van der Waals surface area contributed by atoms with Crippen molar-refractivity contribution in [3.8, 4) is 0 Å². The summed E-state index contributed by atoms with van der Waals surface area (Å²) < 4.78 is 29.8. The van der Waals surface area contributed by atoms with E-state index in [1.165, 1.54) is 12.5 Å². The highest BCUT2D eigenvalue weighted by molar-refractivity contribution is 7.53. The Morgan fingerprint density at radius 2 is 1.70 bits per heavy atom. The number of carbonyl (C=O) groups excluding carboxylic acids is 2. The van der Waals surface area contributed by atoms with Crippen LogP contribution in [0.2, 0.25) is 0 Å². The van der Waals surface area contributed by atoms with Crippen molar-refractivity contribution in [2.75, 3.05) is 12.7 Å². The number of aryl methyl sites for hydroxylation is 1. The van der Waals surface area contributed by atoms with Gasteiger partial charge in [-0.15, -0.1) is 0 Å². The Labute approximate surface area is 195 Å². The second-order valence-corrected chi connectivity index (χ2v) is 10.3. The average molecular weight is 474 g/mol. The number of rotatable bonds is 12. The number of hydrogen-bond donors (Lipinski definition) is 1. The first-order valence-electron chi connectivity index (χ1n) is 11.4. The van der Waals surface area contributed by atoms with Crippen LogP contribution in [0.25, 0.3) is 0 Å². The maximum Gasteiger partial charge on any atom is 0.343 e. The summed E-state index contributed by atoms with van der Waals surface area (Å²) in [6.07, 6.45) is 2.71. The standard InChI is InChI=1S/C25H32NO6P/c1-20(24(27)31-25(28)23-16-10-17-26-23)32-33(29,30-19-22-14-6-3-7-15-22)18-9-8-13-21-11-4-2-5-12-21/h2-7,11-12,14-15,20,23,26H,8-10,13,16-19H2,1H3/t20?,23-,33?/m0/s1. The Morgan fingerprint density at radius 1 is 1.03 bits per heavy atom. The summed E-state index contributed by atoms with van der Waals surface area (Å²) in [5, 5.41) is 2.99. The lowest BCUT2D eigenvalue weighted by molar-refractivity contribution is -0.165. The maximum absolute atomic E-state index is 13.5. The molecule has 0 amide bonds. The number of esters is 2. The molecule has 33 heavy (non-hydrogen) atoms. The molecule has 7 nitrogen and oxygen atoms in total. The van der Waals surface area contributed by atoms with Gasteiger partial charge in [0.05, 0.1) is 12.8 Å². The van der Waals surface area contributed by atoms with Crippen LogP contribution in [0.4, 0.5) is 0 Å². The molecular formula is C25H32NO6P. The summed E-state index contributed by atoms with van der Waals surface area (Å²) in [5.41, 5.74) is 2.05. The fraction of sp³-hybridized carbons (Fsp3) is 0.440. The summed E-state index contributed by atoms with van der Waals surface area (Å²) in [6, 6.07) is 18.9.